The second kappa shape index (κ2) is 10.7. The number of fused-ring (bicyclic) bond motifs is 2. The van der Waals surface area contributed by atoms with Crippen LogP contribution in [-0.4, -0.2) is 23.0 Å². The molecule has 0 saturated carbocycles. The van der Waals surface area contributed by atoms with Crippen LogP contribution in [0.15, 0.2) is 120 Å². The first kappa shape index (κ1) is 24.9. The summed E-state index contributed by atoms with van der Waals surface area (Å²) in [4.78, 5) is 30.8. The van der Waals surface area contributed by atoms with E-state index >= 15 is 0 Å². The summed E-state index contributed by atoms with van der Waals surface area (Å²) in [7, 11) is 0. The third-order valence-electron chi connectivity index (χ3n) is 6.40. The summed E-state index contributed by atoms with van der Waals surface area (Å²) in [5.74, 6) is 0.673. The lowest BCUT2D eigenvalue weighted by molar-refractivity contribution is -0.123. The predicted molar refractivity (Wildman–Crippen MR) is 153 cm³/mol. The molecule has 1 unspecified atom stereocenters. The molecule has 196 valence electrons. The molecule has 7 nitrogen and oxygen atoms in total. The number of hydrogen-bond donors (Lipinski definition) is 1. The molecular formula is C33H24N2O5. The predicted octanol–water partition coefficient (Wildman–Crippen LogP) is 7.62. The Morgan fingerprint density at radius 1 is 0.775 bits per heavy atom. The Balaban J connectivity index is 1.19. The Kier molecular flexibility index (Phi) is 6.68. The fourth-order valence-corrected chi connectivity index (χ4v) is 4.43. The second-order valence-corrected chi connectivity index (χ2v) is 9.17. The lowest BCUT2D eigenvalue weighted by atomic mass is 9.99. The minimum absolute atomic E-state index is 0.317. The topological polar surface area (TPSA) is 90.7 Å². The molecule has 1 N–H and O–H groups in total. The standard InChI is InChI=1S/C33H24N2O5/c1-21(31(36)34-23-17-19-25(20-18-23)39-24-11-3-2-4-12-24)38-33(37)27-14-8-10-22-9-7-13-26(30(22)27)32-35-28-15-5-6-16-29(28)40-32/h2-21H,1H3,(H,34,36). The van der Waals surface area contributed by atoms with Gasteiger partial charge in [0.05, 0.1) is 5.56 Å². The van der Waals surface area contributed by atoms with Crippen LogP contribution in [0.25, 0.3) is 33.3 Å². The highest BCUT2D eigenvalue weighted by Gasteiger charge is 2.23. The van der Waals surface area contributed by atoms with Gasteiger partial charge in [0.15, 0.2) is 11.7 Å². The number of oxazole rings is 1. The van der Waals surface area contributed by atoms with Crippen molar-refractivity contribution in [3.8, 4) is 23.0 Å². The summed E-state index contributed by atoms with van der Waals surface area (Å²) in [5, 5.41) is 4.25. The number of para-hydroxylation sites is 3. The molecule has 0 spiro atoms. The van der Waals surface area contributed by atoms with Crippen LogP contribution in [0.1, 0.15) is 17.3 Å². The van der Waals surface area contributed by atoms with Crippen LogP contribution in [0, 0.1) is 0 Å². The monoisotopic (exact) mass is 528 g/mol. The summed E-state index contributed by atoms with van der Waals surface area (Å²) in [6, 6.07) is 34.8. The zero-order chi connectivity index (χ0) is 27.5. The Labute approximate surface area is 230 Å². The average molecular weight is 529 g/mol. The normalized spacial score (nSPS) is 11.7. The maximum absolute atomic E-state index is 13.3. The number of nitrogens with one attached hydrogen (secondary N) is 1. The lowest BCUT2D eigenvalue weighted by Crippen LogP contribution is -2.30. The first-order valence-electron chi connectivity index (χ1n) is 12.8. The number of amides is 1. The molecule has 0 radical (unpaired) electrons. The van der Waals surface area contributed by atoms with Crippen molar-refractivity contribution in [2.45, 2.75) is 13.0 Å². The van der Waals surface area contributed by atoms with Crippen LogP contribution < -0.4 is 10.1 Å². The zero-order valence-electron chi connectivity index (χ0n) is 21.5. The van der Waals surface area contributed by atoms with E-state index in [-0.39, 0.29) is 0 Å². The van der Waals surface area contributed by atoms with Gasteiger partial charge in [-0.1, -0.05) is 54.6 Å². The number of esters is 1. The molecule has 0 saturated heterocycles. The third kappa shape index (κ3) is 5.13. The van der Waals surface area contributed by atoms with Crippen LogP contribution >= 0.6 is 0 Å². The first-order valence-corrected chi connectivity index (χ1v) is 12.8. The van der Waals surface area contributed by atoms with Gasteiger partial charge in [-0.3, -0.25) is 4.79 Å². The van der Waals surface area contributed by atoms with Crippen LogP contribution in [0.5, 0.6) is 11.5 Å². The molecule has 6 aromatic rings. The van der Waals surface area contributed by atoms with Crippen molar-refractivity contribution in [1.82, 2.24) is 4.98 Å². The second-order valence-electron chi connectivity index (χ2n) is 9.17. The number of anilines is 1. The average Bonchev–Trinajstić information content (AvgIpc) is 3.42. The maximum atomic E-state index is 13.3. The van der Waals surface area contributed by atoms with E-state index in [1.807, 2.05) is 78.9 Å². The molecule has 1 heterocycles. The molecule has 0 aliphatic rings. The molecule has 5 aromatic carbocycles. The Bertz CT molecular complexity index is 1790. The highest BCUT2D eigenvalue weighted by Crippen LogP contribution is 2.33. The number of ether oxygens (including phenoxy) is 2. The van der Waals surface area contributed by atoms with Gasteiger partial charge in [-0.2, -0.15) is 0 Å². The third-order valence-corrected chi connectivity index (χ3v) is 6.40. The maximum Gasteiger partial charge on any atom is 0.339 e. The lowest BCUT2D eigenvalue weighted by Gasteiger charge is -2.15. The van der Waals surface area contributed by atoms with Gasteiger partial charge in [0, 0.05) is 16.6 Å². The number of aromatic nitrogens is 1. The number of nitrogens with zero attached hydrogens (tertiary/aromatic N) is 1. The molecule has 0 aliphatic carbocycles. The van der Waals surface area contributed by atoms with Gasteiger partial charge >= 0.3 is 5.97 Å². The summed E-state index contributed by atoms with van der Waals surface area (Å²) >= 11 is 0. The van der Waals surface area contributed by atoms with E-state index in [0.29, 0.717) is 45.2 Å². The van der Waals surface area contributed by atoms with Crippen molar-refractivity contribution >= 4 is 39.4 Å². The minimum atomic E-state index is -1.04. The SMILES string of the molecule is CC(OC(=O)c1cccc2cccc(-c3nc4ccccc4o3)c12)C(=O)Nc1ccc(Oc2ccccc2)cc1. The molecule has 6 rings (SSSR count). The van der Waals surface area contributed by atoms with Crippen LogP contribution in [0.2, 0.25) is 0 Å². The first-order chi connectivity index (χ1) is 19.5. The molecule has 7 heteroatoms. The van der Waals surface area contributed by atoms with Gasteiger partial charge in [-0.05, 0) is 73.0 Å². The van der Waals surface area contributed by atoms with Gasteiger partial charge < -0.3 is 19.2 Å². The Hall–Kier alpha value is -5.43. The fraction of sp³-hybridized carbons (Fsp3) is 0.0606. The van der Waals surface area contributed by atoms with E-state index in [9.17, 15) is 9.59 Å². The van der Waals surface area contributed by atoms with E-state index in [1.165, 1.54) is 6.92 Å². The number of hydrogen-bond acceptors (Lipinski definition) is 6. The van der Waals surface area contributed by atoms with Gasteiger partial charge in [-0.25, -0.2) is 9.78 Å². The smallest absolute Gasteiger partial charge is 0.339 e. The summed E-state index contributed by atoms with van der Waals surface area (Å²) < 4.78 is 17.4. The van der Waals surface area contributed by atoms with Crippen molar-refractivity contribution in [3.05, 3.63) is 121 Å². The summed E-state index contributed by atoms with van der Waals surface area (Å²) in [6.45, 7) is 1.53. The molecule has 1 amide bonds. The van der Waals surface area contributed by atoms with Crippen molar-refractivity contribution in [2.75, 3.05) is 5.32 Å². The Morgan fingerprint density at radius 2 is 1.48 bits per heavy atom. The number of carbonyl (C=O) groups excluding carboxylic acids is 2. The molecular weight excluding hydrogens is 504 g/mol. The van der Waals surface area contributed by atoms with Gasteiger partial charge in [-0.15, -0.1) is 0 Å². The highest BCUT2D eigenvalue weighted by molar-refractivity contribution is 6.10. The van der Waals surface area contributed by atoms with Gasteiger partial charge in [0.1, 0.15) is 17.0 Å². The zero-order valence-corrected chi connectivity index (χ0v) is 21.5. The molecule has 0 aliphatic heterocycles. The Morgan fingerprint density at radius 3 is 2.25 bits per heavy atom. The number of benzene rings is 5. The largest absolute Gasteiger partial charge is 0.457 e. The minimum Gasteiger partial charge on any atom is -0.457 e. The molecule has 40 heavy (non-hydrogen) atoms. The number of rotatable bonds is 7. The quantitative estimate of drug-likeness (QED) is 0.214. The van der Waals surface area contributed by atoms with Crippen molar-refractivity contribution in [3.63, 3.8) is 0 Å². The molecule has 1 atom stereocenters. The van der Waals surface area contributed by atoms with Gasteiger partial charge in [0.25, 0.3) is 5.91 Å². The van der Waals surface area contributed by atoms with Crippen LogP contribution in [-0.2, 0) is 9.53 Å². The molecule has 0 fully saturated rings. The van der Waals surface area contributed by atoms with Crippen LogP contribution in [0.4, 0.5) is 5.69 Å². The van der Waals surface area contributed by atoms with E-state index < -0.39 is 18.0 Å². The van der Waals surface area contributed by atoms with E-state index in [2.05, 4.69) is 10.3 Å². The van der Waals surface area contributed by atoms with Gasteiger partial charge in [0.2, 0.25) is 5.89 Å². The van der Waals surface area contributed by atoms with Crippen molar-refractivity contribution in [2.24, 2.45) is 0 Å². The van der Waals surface area contributed by atoms with E-state index in [1.54, 1.807) is 36.4 Å². The van der Waals surface area contributed by atoms with E-state index in [0.717, 1.165) is 10.9 Å². The summed E-state index contributed by atoms with van der Waals surface area (Å²) in [5.41, 5.74) is 2.91. The fourth-order valence-electron chi connectivity index (χ4n) is 4.43. The van der Waals surface area contributed by atoms with Crippen LogP contribution in [0.3, 0.4) is 0 Å². The molecule has 0 bridgehead atoms. The van der Waals surface area contributed by atoms with Crippen molar-refractivity contribution < 1.29 is 23.5 Å². The summed E-state index contributed by atoms with van der Waals surface area (Å²) in [6.07, 6.45) is -1.04. The van der Waals surface area contributed by atoms with Crippen molar-refractivity contribution in [1.29, 1.82) is 0 Å². The highest BCUT2D eigenvalue weighted by atomic mass is 16.5. The molecule has 1 aromatic heterocycles. The number of carbonyl (C=O) groups is 2. The van der Waals surface area contributed by atoms with E-state index in [4.69, 9.17) is 13.9 Å².